The van der Waals surface area contributed by atoms with Gasteiger partial charge in [-0.2, -0.15) is 0 Å². The van der Waals surface area contributed by atoms with Crippen molar-refractivity contribution >= 4 is 0 Å². The molecule has 0 aromatic carbocycles. The van der Waals surface area contributed by atoms with Crippen molar-refractivity contribution < 1.29 is 8.83 Å². The normalized spacial score (nSPS) is 11.3. The molecule has 2 heterocycles. The van der Waals surface area contributed by atoms with Gasteiger partial charge in [0.2, 0.25) is 5.89 Å². The van der Waals surface area contributed by atoms with Crippen LogP contribution >= 0.6 is 0 Å². The van der Waals surface area contributed by atoms with Gasteiger partial charge in [-0.05, 0) is 12.1 Å². The van der Waals surface area contributed by atoms with Crippen molar-refractivity contribution in [2.24, 2.45) is 0 Å². The van der Waals surface area contributed by atoms with Gasteiger partial charge in [0.15, 0.2) is 5.76 Å². The molecule has 2 aromatic heterocycles. The van der Waals surface area contributed by atoms with E-state index in [1.165, 1.54) is 0 Å². The highest BCUT2D eigenvalue weighted by Crippen LogP contribution is 2.21. The first kappa shape index (κ1) is 12.8. The number of nitrogens with zero attached hydrogens (tertiary/aromatic N) is 2. The second-order valence-electron chi connectivity index (χ2n) is 4.48. The molecule has 2 rings (SSSR count). The van der Waals surface area contributed by atoms with Gasteiger partial charge >= 0.3 is 0 Å². The lowest BCUT2D eigenvalue weighted by atomic mass is 10.3. The summed E-state index contributed by atoms with van der Waals surface area (Å²) in [4.78, 5) is 0. The molecule has 1 N–H and O–H groups in total. The van der Waals surface area contributed by atoms with Crippen LogP contribution in [-0.4, -0.2) is 22.8 Å². The number of aryl methyl sites for hydroxylation is 1. The number of rotatable bonds is 6. The molecule has 0 bridgehead atoms. The summed E-state index contributed by atoms with van der Waals surface area (Å²) in [5.74, 6) is 2.65. The van der Waals surface area contributed by atoms with E-state index >= 15 is 0 Å². The molecule has 0 aliphatic carbocycles. The smallest absolute Gasteiger partial charge is 0.283 e. The van der Waals surface area contributed by atoms with Crippen molar-refractivity contribution in [3.8, 4) is 11.7 Å². The van der Waals surface area contributed by atoms with E-state index in [0.29, 0.717) is 23.6 Å². The number of furan rings is 1. The molecule has 5 nitrogen and oxygen atoms in total. The van der Waals surface area contributed by atoms with Gasteiger partial charge in [-0.15, -0.1) is 10.2 Å². The Balaban J connectivity index is 1.97. The molecular formula is C13H19N3O2. The molecule has 0 saturated carbocycles. The summed E-state index contributed by atoms with van der Waals surface area (Å²) in [6.07, 6.45) is 1.59. The molecule has 18 heavy (non-hydrogen) atoms. The molecular weight excluding hydrogens is 230 g/mol. The minimum absolute atomic E-state index is 0.453. The van der Waals surface area contributed by atoms with E-state index < -0.39 is 0 Å². The third-order valence-corrected chi connectivity index (χ3v) is 2.58. The predicted molar refractivity (Wildman–Crippen MR) is 68.2 cm³/mol. The second-order valence-corrected chi connectivity index (χ2v) is 4.48. The molecule has 2 aromatic rings. The number of nitrogens with one attached hydrogen (secondary N) is 1. The maximum absolute atomic E-state index is 5.56. The van der Waals surface area contributed by atoms with Gasteiger partial charge in [-0.3, -0.25) is 0 Å². The van der Waals surface area contributed by atoms with Crippen LogP contribution in [0.2, 0.25) is 0 Å². The van der Waals surface area contributed by atoms with Crippen molar-refractivity contribution in [2.45, 2.75) is 39.7 Å². The molecule has 0 spiro atoms. The monoisotopic (exact) mass is 249 g/mol. The van der Waals surface area contributed by atoms with Crippen LogP contribution < -0.4 is 5.32 Å². The minimum Gasteiger partial charge on any atom is -0.456 e. The standard InChI is InChI=1S/C13H19N3O2/c1-4-10-5-6-11(17-10)13-16-15-12(18-13)7-8-14-9(2)3/h5-6,9,14H,4,7-8H2,1-3H3. The molecule has 0 aliphatic heterocycles. The fourth-order valence-electron chi connectivity index (χ4n) is 1.60. The van der Waals surface area contributed by atoms with Crippen LogP contribution in [0.5, 0.6) is 0 Å². The third-order valence-electron chi connectivity index (χ3n) is 2.58. The molecule has 5 heteroatoms. The Labute approximate surface area is 107 Å². The average molecular weight is 249 g/mol. The Morgan fingerprint density at radius 2 is 2.06 bits per heavy atom. The van der Waals surface area contributed by atoms with Gasteiger partial charge in [0.25, 0.3) is 5.89 Å². The Morgan fingerprint density at radius 3 is 2.72 bits per heavy atom. The zero-order valence-corrected chi connectivity index (χ0v) is 11.1. The van der Waals surface area contributed by atoms with Crippen LogP contribution in [0.1, 0.15) is 32.4 Å². The fourth-order valence-corrected chi connectivity index (χ4v) is 1.60. The molecule has 0 aliphatic rings. The molecule has 0 radical (unpaired) electrons. The van der Waals surface area contributed by atoms with Crippen molar-refractivity contribution in [2.75, 3.05) is 6.54 Å². The Hall–Kier alpha value is -1.62. The van der Waals surface area contributed by atoms with E-state index in [2.05, 4.69) is 29.4 Å². The first-order chi connectivity index (χ1) is 8.69. The van der Waals surface area contributed by atoms with Gasteiger partial charge in [-0.1, -0.05) is 20.8 Å². The summed E-state index contributed by atoms with van der Waals surface area (Å²) >= 11 is 0. The fraction of sp³-hybridized carbons (Fsp3) is 0.538. The molecule has 98 valence electrons. The van der Waals surface area contributed by atoms with E-state index in [1.807, 2.05) is 19.1 Å². The number of hydrogen-bond donors (Lipinski definition) is 1. The van der Waals surface area contributed by atoms with E-state index in [-0.39, 0.29) is 0 Å². The largest absolute Gasteiger partial charge is 0.456 e. The SMILES string of the molecule is CCc1ccc(-c2nnc(CCNC(C)C)o2)o1. The Kier molecular flexibility index (Phi) is 4.15. The van der Waals surface area contributed by atoms with Crippen LogP contribution in [0.4, 0.5) is 0 Å². The van der Waals surface area contributed by atoms with Crippen LogP contribution in [0, 0.1) is 0 Å². The maximum atomic E-state index is 5.56. The summed E-state index contributed by atoms with van der Waals surface area (Å²) < 4.78 is 11.1. The topological polar surface area (TPSA) is 64.1 Å². The van der Waals surface area contributed by atoms with Crippen molar-refractivity contribution in [1.82, 2.24) is 15.5 Å². The van der Waals surface area contributed by atoms with E-state index in [1.54, 1.807) is 0 Å². The summed E-state index contributed by atoms with van der Waals surface area (Å²) in [7, 11) is 0. The van der Waals surface area contributed by atoms with Gasteiger partial charge in [0.05, 0.1) is 0 Å². The highest BCUT2D eigenvalue weighted by atomic mass is 16.4. The van der Waals surface area contributed by atoms with Gasteiger partial charge in [-0.25, -0.2) is 0 Å². The molecule has 0 saturated heterocycles. The lowest BCUT2D eigenvalue weighted by Gasteiger charge is -2.04. The first-order valence-electron chi connectivity index (χ1n) is 6.34. The molecule has 0 atom stereocenters. The summed E-state index contributed by atoms with van der Waals surface area (Å²) in [6, 6.07) is 4.26. The lowest BCUT2D eigenvalue weighted by Crippen LogP contribution is -2.25. The highest BCUT2D eigenvalue weighted by molar-refractivity contribution is 5.43. The van der Waals surface area contributed by atoms with Crippen molar-refractivity contribution in [3.63, 3.8) is 0 Å². The molecule has 0 fully saturated rings. The Bertz CT molecular complexity index is 488. The highest BCUT2D eigenvalue weighted by Gasteiger charge is 2.12. The summed E-state index contributed by atoms with van der Waals surface area (Å²) in [5.41, 5.74) is 0. The molecule has 0 amide bonds. The quantitative estimate of drug-likeness (QED) is 0.851. The Morgan fingerprint density at radius 1 is 1.22 bits per heavy atom. The summed E-state index contributed by atoms with van der Waals surface area (Å²) in [5, 5.41) is 11.3. The van der Waals surface area contributed by atoms with Gasteiger partial charge < -0.3 is 14.2 Å². The average Bonchev–Trinajstić information content (AvgIpc) is 2.95. The van der Waals surface area contributed by atoms with Crippen LogP contribution in [0.15, 0.2) is 21.0 Å². The number of aromatic nitrogens is 2. The van der Waals surface area contributed by atoms with Crippen LogP contribution in [-0.2, 0) is 12.8 Å². The van der Waals surface area contributed by atoms with Crippen LogP contribution in [0.25, 0.3) is 11.7 Å². The van der Waals surface area contributed by atoms with E-state index in [9.17, 15) is 0 Å². The van der Waals surface area contributed by atoms with E-state index in [0.717, 1.165) is 25.1 Å². The minimum atomic E-state index is 0.453. The van der Waals surface area contributed by atoms with Gasteiger partial charge in [0, 0.05) is 25.4 Å². The first-order valence-corrected chi connectivity index (χ1v) is 6.34. The van der Waals surface area contributed by atoms with Crippen LogP contribution in [0.3, 0.4) is 0 Å². The molecule has 0 unspecified atom stereocenters. The third kappa shape index (κ3) is 3.20. The second kappa shape index (κ2) is 5.82. The van der Waals surface area contributed by atoms with E-state index in [4.69, 9.17) is 8.83 Å². The van der Waals surface area contributed by atoms with Crippen molar-refractivity contribution in [1.29, 1.82) is 0 Å². The zero-order chi connectivity index (χ0) is 13.0. The summed E-state index contributed by atoms with van der Waals surface area (Å²) in [6.45, 7) is 7.08. The maximum Gasteiger partial charge on any atom is 0.283 e. The lowest BCUT2D eigenvalue weighted by molar-refractivity contribution is 0.458. The predicted octanol–water partition coefficient (Wildman–Crippen LogP) is 2.43. The number of hydrogen-bond acceptors (Lipinski definition) is 5. The van der Waals surface area contributed by atoms with Crippen molar-refractivity contribution in [3.05, 3.63) is 23.8 Å². The van der Waals surface area contributed by atoms with Gasteiger partial charge in [0.1, 0.15) is 5.76 Å². The zero-order valence-electron chi connectivity index (χ0n) is 11.1.